The molecule has 0 radical (unpaired) electrons. The molecule has 8 nitrogen and oxygen atoms in total. The average Bonchev–Trinajstić information content (AvgIpc) is 3.18. The van der Waals surface area contributed by atoms with Gasteiger partial charge in [0.05, 0.1) is 32.2 Å². The van der Waals surface area contributed by atoms with Gasteiger partial charge in [0.2, 0.25) is 5.91 Å². The number of benzene rings is 3. The third-order valence-electron chi connectivity index (χ3n) is 7.07. The fourth-order valence-corrected chi connectivity index (χ4v) is 4.94. The van der Waals surface area contributed by atoms with Crippen LogP contribution in [-0.2, 0) is 16.0 Å². The standard InChI is InChI=1S/C30H34N2O6/c1-20-28(21-11-7-6-8-12-21)32(30(34)31(20)2)29(33)24(22-15-16-26(36-4)27(18-22)37-5)17-23-13-9-10-14-25(23)38-19-35-3/h6-16,18,20,24,28H,17,19H2,1-5H3/t20-,24+,28-/m1/s1. The van der Waals surface area contributed by atoms with E-state index in [9.17, 15) is 9.59 Å². The van der Waals surface area contributed by atoms with Gasteiger partial charge < -0.3 is 23.8 Å². The van der Waals surface area contributed by atoms with Gasteiger partial charge in [0, 0.05) is 14.2 Å². The zero-order chi connectivity index (χ0) is 27.2. The van der Waals surface area contributed by atoms with Gasteiger partial charge in [0.1, 0.15) is 5.75 Å². The topological polar surface area (TPSA) is 77.5 Å². The zero-order valence-corrected chi connectivity index (χ0v) is 22.4. The molecule has 1 heterocycles. The molecule has 0 spiro atoms. The number of carbonyl (C=O) groups excluding carboxylic acids is 2. The first-order chi connectivity index (χ1) is 18.4. The van der Waals surface area contributed by atoms with Crippen molar-refractivity contribution >= 4 is 11.9 Å². The molecule has 0 aliphatic carbocycles. The van der Waals surface area contributed by atoms with E-state index >= 15 is 0 Å². The summed E-state index contributed by atoms with van der Waals surface area (Å²) in [6, 6.07) is 21.6. The van der Waals surface area contributed by atoms with Crippen LogP contribution in [0.1, 0.15) is 35.6 Å². The smallest absolute Gasteiger partial charge is 0.327 e. The molecular formula is C30H34N2O6. The van der Waals surface area contributed by atoms with Crippen LogP contribution in [0, 0.1) is 0 Å². The van der Waals surface area contributed by atoms with Gasteiger partial charge >= 0.3 is 6.03 Å². The minimum Gasteiger partial charge on any atom is -0.493 e. The number of methoxy groups -OCH3 is 3. The van der Waals surface area contributed by atoms with Gasteiger partial charge in [-0.15, -0.1) is 0 Å². The van der Waals surface area contributed by atoms with Crippen LogP contribution in [0.3, 0.4) is 0 Å². The molecule has 38 heavy (non-hydrogen) atoms. The van der Waals surface area contributed by atoms with Crippen LogP contribution in [0.4, 0.5) is 4.79 Å². The minimum atomic E-state index is -0.698. The molecule has 3 aromatic carbocycles. The van der Waals surface area contributed by atoms with Crippen molar-refractivity contribution in [1.82, 2.24) is 9.80 Å². The third-order valence-corrected chi connectivity index (χ3v) is 7.07. The van der Waals surface area contributed by atoms with Crippen LogP contribution < -0.4 is 14.2 Å². The number of ether oxygens (including phenoxy) is 4. The predicted octanol–water partition coefficient (Wildman–Crippen LogP) is 5.04. The zero-order valence-electron chi connectivity index (χ0n) is 22.4. The summed E-state index contributed by atoms with van der Waals surface area (Å²) in [6.07, 6.45) is 0.303. The highest BCUT2D eigenvalue weighted by Gasteiger charge is 2.47. The molecule has 1 aliphatic heterocycles. The molecule has 0 unspecified atom stereocenters. The Hall–Kier alpha value is -4.04. The largest absolute Gasteiger partial charge is 0.493 e. The molecule has 0 N–H and O–H groups in total. The molecule has 3 atom stereocenters. The van der Waals surface area contributed by atoms with Gasteiger partial charge in [-0.2, -0.15) is 0 Å². The summed E-state index contributed by atoms with van der Waals surface area (Å²) in [5, 5.41) is 0. The predicted molar refractivity (Wildman–Crippen MR) is 144 cm³/mol. The number of imide groups is 1. The Kier molecular flexibility index (Phi) is 8.53. The van der Waals surface area contributed by atoms with Crippen molar-refractivity contribution in [1.29, 1.82) is 0 Å². The lowest BCUT2D eigenvalue weighted by Gasteiger charge is -2.28. The number of nitrogens with zero attached hydrogens (tertiary/aromatic N) is 2. The second-order valence-corrected chi connectivity index (χ2v) is 9.23. The van der Waals surface area contributed by atoms with E-state index in [4.69, 9.17) is 18.9 Å². The van der Waals surface area contributed by atoms with Crippen molar-refractivity contribution in [3.63, 3.8) is 0 Å². The van der Waals surface area contributed by atoms with Crippen molar-refractivity contribution in [2.45, 2.75) is 31.3 Å². The summed E-state index contributed by atoms with van der Waals surface area (Å²) in [6.45, 7) is 2.04. The normalized spacial score (nSPS) is 17.9. The number of likely N-dealkylation sites (N-methyl/N-ethyl adjacent to an activating group) is 1. The van der Waals surface area contributed by atoms with Crippen molar-refractivity contribution in [3.05, 3.63) is 89.5 Å². The maximum atomic E-state index is 14.5. The lowest BCUT2D eigenvalue weighted by Crippen LogP contribution is -2.40. The number of rotatable bonds is 10. The Morgan fingerprint density at radius 2 is 1.58 bits per heavy atom. The molecule has 4 rings (SSSR count). The third kappa shape index (κ3) is 5.31. The van der Waals surface area contributed by atoms with E-state index in [0.29, 0.717) is 29.2 Å². The number of hydrogen-bond acceptors (Lipinski definition) is 6. The summed E-state index contributed by atoms with van der Waals surface area (Å²) in [5.74, 6) is 0.679. The molecule has 0 aromatic heterocycles. The molecule has 3 amide bonds. The average molecular weight is 519 g/mol. The highest BCUT2D eigenvalue weighted by atomic mass is 16.7. The number of para-hydroxylation sites is 1. The van der Waals surface area contributed by atoms with E-state index in [1.807, 2.05) is 67.6 Å². The molecule has 8 heteroatoms. The van der Waals surface area contributed by atoms with Crippen LogP contribution in [0.25, 0.3) is 0 Å². The first-order valence-electron chi connectivity index (χ1n) is 12.5. The molecule has 1 aliphatic rings. The van der Waals surface area contributed by atoms with E-state index in [-0.39, 0.29) is 24.8 Å². The molecule has 0 bridgehead atoms. The van der Waals surface area contributed by atoms with Crippen LogP contribution in [-0.4, -0.2) is 62.9 Å². The molecule has 200 valence electrons. The Balaban J connectivity index is 1.80. The second kappa shape index (κ2) is 12.0. The number of hydrogen-bond donors (Lipinski definition) is 0. The summed E-state index contributed by atoms with van der Waals surface area (Å²) >= 11 is 0. The van der Waals surface area contributed by atoms with Crippen LogP contribution in [0.15, 0.2) is 72.8 Å². The Morgan fingerprint density at radius 3 is 2.26 bits per heavy atom. The van der Waals surface area contributed by atoms with Gasteiger partial charge in [-0.25, -0.2) is 4.79 Å². The fraction of sp³-hybridized carbons (Fsp3) is 0.333. The van der Waals surface area contributed by atoms with Crippen molar-refractivity contribution in [2.75, 3.05) is 35.2 Å². The van der Waals surface area contributed by atoms with Crippen LogP contribution in [0.5, 0.6) is 17.2 Å². The van der Waals surface area contributed by atoms with E-state index in [2.05, 4.69) is 0 Å². The van der Waals surface area contributed by atoms with Gasteiger partial charge in [0.15, 0.2) is 18.3 Å². The summed E-state index contributed by atoms with van der Waals surface area (Å²) in [5.41, 5.74) is 2.43. The SMILES string of the molecule is COCOc1ccccc1C[C@H](C(=O)N1C(=O)N(C)[C@H](C)[C@@H]1c1ccccc1)c1ccc(OC)c(OC)c1. The first kappa shape index (κ1) is 27.0. The van der Waals surface area contributed by atoms with Crippen LogP contribution in [0.2, 0.25) is 0 Å². The quantitative estimate of drug-likeness (QED) is 0.350. The molecule has 0 saturated carbocycles. The number of urea groups is 1. The number of amides is 3. The van der Waals surface area contributed by atoms with Crippen molar-refractivity contribution < 1.29 is 28.5 Å². The summed E-state index contributed by atoms with van der Waals surface area (Å²) < 4.78 is 21.8. The monoisotopic (exact) mass is 518 g/mol. The van der Waals surface area contributed by atoms with Crippen molar-refractivity contribution in [2.24, 2.45) is 0 Å². The van der Waals surface area contributed by atoms with Gasteiger partial charge in [-0.1, -0.05) is 54.6 Å². The van der Waals surface area contributed by atoms with Crippen LogP contribution >= 0.6 is 0 Å². The number of carbonyl (C=O) groups is 2. The fourth-order valence-electron chi connectivity index (χ4n) is 4.94. The Morgan fingerprint density at radius 1 is 0.895 bits per heavy atom. The highest BCUT2D eigenvalue weighted by molar-refractivity contribution is 6.00. The lowest BCUT2D eigenvalue weighted by molar-refractivity contribution is -0.131. The minimum absolute atomic E-state index is 0.0784. The van der Waals surface area contributed by atoms with E-state index in [1.54, 1.807) is 45.4 Å². The molecule has 1 saturated heterocycles. The Bertz CT molecular complexity index is 1260. The summed E-state index contributed by atoms with van der Waals surface area (Å²) in [4.78, 5) is 31.0. The van der Waals surface area contributed by atoms with E-state index in [0.717, 1.165) is 11.1 Å². The van der Waals surface area contributed by atoms with Crippen molar-refractivity contribution in [3.8, 4) is 17.2 Å². The summed E-state index contributed by atoms with van der Waals surface area (Å²) in [7, 11) is 6.40. The lowest BCUT2D eigenvalue weighted by atomic mass is 9.89. The molecule has 1 fully saturated rings. The first-order valence-corrected chi connectivity index (χ1v) is 12.5. The second-order valence-electron chi connectivity index (χ2n) is 9.23. The highest BCUT2D eigenvalue weighted by Crippen LogP contribution is 2.40. The molecule has 3 aromatic rings. The van der Waals surface area contributed by atoms with E-state index < -0.39 is 12.0 Å². The molecular weight excluding hydrogens is 484 g/mol. The van der Waals surface area contributed by atoms with Gasteiger partial charge in [-0.05, 0) is 48.2 Å². The van der Waals surface area contributed by atoms with E-state index in [1.165, 1.54) is 4.90 Å². The maximum Gasteiger partial charge on any atom is 0.327 e. The van der Waals surface area contributed by atoms with Gasteiger partial charge in [-0.3, -0.25) is 9.69 Å². The maximum absolute atomic E-state index is 14.5. The van der Waals surface area contributed by atoms with Gasteiger partial charge in [0.25, 0.3) is 0 Å². The Labute approximate surface area is 223 Å².